The summed E-state index contributed by atoms with van der Waals surface area (Å²) in [6.07, 6.45) is 0.984. The zero-order valence-corrected chi connectivity index (χ0v) is 26.5. The highest BCUT2D eigenvalue weighted by Crippen LogP contribution is 2.29. The molecule has 0 aliphatic carbocycles. The first-order valence-corrected chi connectivity index (χ1v) is 15.8. The van der Waals surface area contributed by atoms with Crippen molar-refractivity contribution >= 4 is 62.3 Å². The van der Waals surface area contributed by atoms with E-state index in [9.17, 15) is 18.0 Å². The molecule has 3 aromatic carbocycles. The molecule has 0 radical (unpaired) electrons. The SMILES string of the molecule is CC[C@H](C)NC(=O)[C@H](CC)N(Cc1c(Cl)cccc1Cl)C(=O)CN(c1cccc(C)c1)S(=O)(=O)c1ccc(Cl)cc1. The molecule has 0 aliphatic heterocycles. The van der Waals surface area contributed by atoms with Gasteiger partial charge in [-0.05, 0) is 80.8 Å². The van der Waals surface area contributed by atoms with Crippen LogP contribution in [0.3, 0.4) is 0 Å². The Morgan fingerprint density at radius 3 is 2.07 bits per heavy atom. The largest absolute Gasteiger partial charge is 0.352 e. The molecule has 0 heterocycles. The molecule has 2 atom stereocenters. The van der Waals surface area contributed by atoms with Crippen LogP contribution in [0.2, 0.25) is 15.1 Å². The third-order valence-electron chi connectivity index (χ3n) is 6.75. The molecule has 0 saturated heterocycles. The van der Waals surface area contributed by atoms with E-state index < -0.39 is 28.5 Å². The predicted molar refractivity (Wildman–Crippen MR) is 166 cm³/mol. The topological polar surface area (TPSA) is 86.8 Å². The lowest BCUT2D eigenvalue weighted by Gasteiger charge is -2.34. The summed E-state index contributed by atoms with van der Waals surface area (Å²) in [7, 11) is -4.21. The normalized spacial score (nSPS) is 12.9. The number of hydrogen-bond acceptors (Lipinski definition) is 4. The van der Waals surface area contributed by atoms with E-state index in [1.54, 1.807) is 43.3 Å². The highest BCUT2D eigenvalue weighted by molar-refractivity contribution is 7.92. The molecule has 7 nitrogen and oxygen atoms in total. The van der Waals surface area contributed by atoms with Gasteiger partial charge in [0.15, 0.2) is 0 Å². The van der Waals surface area contributed by atoms with Crippen LogP contribution in [0.4, 0.5) is 5.69 Å². The molecule has 2 amide bonds. The molecule has 220 valence electrons. The molecule has 3 rings (SSSR count). The number of anilines is 1. The van der Waals surface area contributed by atoms with Gasteiger partial charge < -0.3 is 10.2 Å². The van der Waals surface area contributed by atoms with Gasteiger partial charge >= 0.3 is 0 Å². The minimum atomic E-state index is -4.21. The Balaban J connectivity index is 2.10. The maximum atomic E-state index is 14.2. The second-order valence-corrected chi connectivity index (χ2v) is 12.9. The van der Waals surface area contributed by atoms with Gasteiger partial charge in [-0.15, -0.1) is 0 Å². The number of carbonyl (C=O) groups excluding carboxylic acids is 2. The first-order valence-electron chi connectivity index (χ1n) is 13.3. The fourth-order valence-electron chi connectivity index (χ4n) is 4.26. The number of nitrogens with one attached hydrogen (secondary N) is 1. The number of benzene rings is 3. The molecule has 0 aromatic heterocycles. The summed E-state index contributed by atoms with van der Waals surface area (Å²) in [5, 5.41) is 3.98. The maximum Gasteiger partial charge on any atom is 0.264 e. The smallest absolute Gasteiger partial charge is 0.264 e. The average Bonchev–Trinajstić information content (AvgIpc) is 2.93. The molecule has 0 aliphatic rings. The molecule has 41 heavy (non-hydrogen) atoms. The number of hydrogen-bond donors (Lipinski definition) is 1. The van der Waals surface area contributed by atoms with Crippen molar-refractivity contribution in [3.05, 3.63) is 92.9 Å². The van der Waals surface area contributed by atoms with Gasteiger partial charge in [-0.1, -0.05) is 66.8 Å². The van der Waals surface area contributed by atoms with Crippen molar-refractivity contribution in [2.24, 2.45) is 0 Å². The monoisotopic (exact) mass is 637 g/mol. The van der Waals surface area contributed by atoms with E-state index in [2.05, 4.69) is 5.32 Å². The molecule has 0 unspecified atom stereocenters. The van der Waals surface area contributed by atoms with Crippen LogP contribution in [0.25, 0.3) is 0 Å². The van der Waals surface area contributed by atoms with Crippen LogP contribution in [0.1, 0.15) is 44.7 Å². The van der Waals surface area contributed by atoms with Gasteiger partial charge in [0.1, 0.15) is 12.6 Å². The molecule has 0 bridgehead atoms. The van der Waals surface area contributed by atoms with Crippen LogP contribution in [-0.4, -0.2) is 43.8 Å². The van der Waals surface area contributed by atoms with E-state index >= 15 is 0 Å². The summed E-state index contributed by atoms with van der Waals surface area (Å²) in [6, 6.07) is 16.5. The van der Waals surface area contributed by atoms with Crippen molar-refractivity contribution in [2.75, 3.05) is 10.8 Å². The van der Waals surface area contributed by atoms with Crippen molar-refractivity contribution in [1.82, 2.24) is 10.2 Å². The van der Waals surface area contributed by atoms with E-state index in [1.807, 2.05) is 26.8 Å². The first kappa shape index (κ1) is 32.7. The van der Waals surface area contributed by atoms with Crippen molar-refractivity contribution in [1.29, 1.82) is 0 Å². The molecule has 0 fully saturated rings. The van der Waals surface area contributed by atoms with Gasteiger partial charge in [-0.3, -0.25) is 13.9 Å². The number of sulfonamides is 1. The van der Waals surface area contributed by atoms with Crippen molar-refractivity contribution in [3.63, 3.8) is 0 Å². The minimum absolute atomic E-state index is 0.0292. The lowest BCUT2D eigenvalue weighted by atomic mass is 10.1. The van der Waals surface area contributed by atoms with Gasteiger partial charge in [0.2, 0.25) is 11.8 Å². The highest BCUT2D eigenvalue weighted by Gasteiger charge is 2.34. The summed E-state index contributed by atoms with van der Waals surface area (Å²) in [5.41, 5.74) is 1.58. The van der Waals surface area contributed by atoms with Crippen LogP contribution >= 0.6 is 34.8 Å². The van der Waals surface area contributed by atoms with Gasteiger partial charge in [0, 0.05) is 33.2 Å². The number of rotatable bonds is 12. The van der Waals surface area contributed by atoms with E-state index in [1.165, 1.54) is 29.2 Å². The zero-order chi connectivity index (χ0) is 30.3. The number of amides is 2. The number of halogens is 3. The van der Waals surface area contributed by atoms with Gasteiger partial charge in [0.25, 0.3) is 10.0 Å². The van der Waals surface area contributed by atoms with Crippen LogP contribution < -0.4 is 9.62 Å². The fourth-order valence-corrected chi connectivity index (χ4v) is 6.31. The maximum absolute atomic E-state index is 14.2. The molecule has 3 aromatic rings. The minimum Gasteiger partial charge on any atom is -0.352 e. The lowest BCUT2D eigenvalue weighted by molar-refractivity contribution is -0.140. The number of carbonyl (C=O) groups is 2. The Kier molecular flexibility index (Phi) is 11.5. The van der Waals surface area contributed by atoms with Crippen molar-refractivity contribution < 1.29 is 18.0 Å². The Labute approximate surface area is 257 Å². The standard InChI is InChI=1S/C30H34Cl3N3O4S/c1-5-21(4)34-30(38)28(6-2)35(18-25-26(32)11-8-12-27(25)33)29(37)19-36(23-10-7-9-20(3)17-23)41(39,40)24-15-13-22(31)14-16-24/h7-17,21,28H,5-6,18-19H2,1-4H3,(H,34,38)/t21-,28-/m0/s1. The summed E-state index contributed by atoms with van der Waals surface area (Å²) in [5.74, 6) is -0.938. The van der Waals surface area contributed by atoms with E-state index in [4.69, 9.17) is 34.8 Å². The Bertz CT molecular complexity index is 1460. The summed E-state index contributed by atoms with van der Waals surface area (Å²) >= 11 is 18.9. The molecule has 0 saturated carbocycles. The number of aryl methyl sites for hydroxylation is 1. The lowest BCUT2D eigenvalue weighted by Crippen LogP contribution is -2.53. The molecule has 1 N–H and O–H groups in total. The van der Waals surface area contributed by atoms with Gasteiger partial charge in [-0.2, -0.15) is 0 Å². The average molecular weight is 639 g/mol. The van der Waals surface area contributed by atoms with Crippen LogP contribution in [0, 0.1) is 6.92 Å². The van der Waals surface area contributed by atoms with Crippen LogP contribution in [0.5, 0.6) is 0 Å². The third kappa shape index (κ3) is 8.16. The second kappa shape index (κ2) is 14.4. The highest BCUT2D eigenvalue weighted by atomic mass is 35.5. The molecule has 11 heteroatoms. The van der Waals surface area contributed by atoms with Crippen molar-refractivity contribution in [3.8, 4) is 0 Å². The molecule has 0 spiro atoms. The van der Waals surface area contributed by atoms with Crippen LogP contribution in [0.15, 0.2) is 71.6 Å². The summed E-state index contributed by atoms with van der Waals surface area (Å²) in [6.45, 7) is 6.78. The van der Waals surface area contributed by atoms with E-state index in [0.29, 0.717) is 32.7 Å². The Morgan fingerprint density at radius 1 is 0.902 bits per heavy atom. The fraction of sp³-hybridized carbons (Fsp3) is 0.333. The zero-order valence-electron chi connectivity index (χ0n) is 23.4. The third-order valence-corrected chi connectivity index (χ3v) is 9.50. The quantitative estimate of drug-likeness (QED) is 0.235. The Hall–Kier alpha value is -2.78. The van der Waals surface area contributed by atoms with Gasteiger partial charge in [-0.25, -0.2) is 8.42 Å². The predicted octanol–water partition coefficient (Wildman–Crippen LogP) is 6.87. The Morgan fingerprint density at radius 2 is 1.51 bits per heavy atom. The van der Waals surface area contributed by atoms with Crippen LogP contribution in [-0.2, 0) is 26.2 Å². The summed E-state index contributed by atoms with van der Waals surface area (Å²) < 4.78 is 28.9. The summed E-state index contributed by atoms with van der Waals surface area (Å²) in [4.78, 5) is 28.9. The van der Waals surface area contributed by atoms with Crippen molar-refractivity contribution in [2.45, 2.75) is 64.1 Å². The molecular formula is C30H34Cl3N3O4S. The van der Waals surface area contributed by atoms with E-state index in [0.717, 1.165) is 9.87 Å². The van der Waals surface area contributed by atoms with Gasteiger partial charge in [0.05, 0.1) is 10.6 Å². The first-order chi connectivity index (χ1) is 19.4. The second-order valence-electron chi connectivity index (χ2n) is 9.77. The molecular weight excluding hydrogens is 605 g/mol. The van der Waals surface area contributed by atoms with E-state index in [-0.39, 0.29) is 29.8 Å². The number of nitrogens with zero attached hydrogens (tertiary/aromatic N) is 2.